The number of carbonyl (C=O) groups is 3. The fourth-order valence-corrected chi connectivity index (χ4v) is 6.00. The minimum atomic E-state index is -1.03. The number of ether oxygens (including phenoxy) is 1. The average molecular weight is 444 g/mol. The Morgan fingerprint density at radius 1 is 1.22 bits per heavy atom. The van der Waals surface area contributed by atoms with Crippen molar-refractivity contribution in [3.05, 3.63) is 30.3 Å². The number of aliphatic hydroxyl groups is 1. The number of anilines is 1. The Hall–Kier alpha value is -2.45. The number of amides is 3. The molecule has 3 aliphatic rings. The Labute approximate surface area is 188 Å². The molecule has 0 radical (unpaired) electrons. The molecule has 2 unspecified atom stereocenters. The van der Waals surface area contributed by atoms with E-state index in [-0.39, 0.29) is 36.9 Å². The molecule has 0 aliphatic carbocycles. The summed E-state index contributed by atoms with van der Waals surface area (Å²) in [5.74, 6) is -2.13. The fraction of sp³-hybridized carbons (Fsp3) is 0.625. The van der Waals surface area contributed by atoms with Crippen molar-refractivity contribution >= 4 is 23.4 Å². The molecule has 2 bridgehead atoms. The van der Waals surface area contributed by atoms with Crippen LogP contribution in [0.15, 0.2) is 30.3 Å². The highest BCUT2D eigenvalue weighted by atomic mass is 16.5. The number of fused-ring (bicyclic) bond motifs is 1. The standard InChI is InChI=1S/C24H33N3O5/c1-4-23-11-12-24(32-23)18(17(23)20(29)26-16-9-6-5-7-10-16)22(31)27(13-8-14-28)19(24)21(30)25-15(2)3/h5-7,9-10,15,17-19,28H,4,8,11-14H2,1-3H3,(H,25,30)(H,26,29)/t17-,18+,19?,23+,24?/m1/s1. The number of nitrogens with zero attached hydrogens (tertiary/aromatic N) is 1. The van der Waals surface area contributed by atoms with Gasteiger partial charge < -0.3 is 25.4 Å². The van der Waals surface area contributed by atoms with Crippen molar-refractivity contribution in [2.24, 2.45) is 11.8 Å². The highest BCUT2D eigenvalue weighted by molar-refractivity contribution is 6.02. The molecule has 1 aromatic carbocycles. The summed E-state index contributed by atoms with van der Waals surface area (Å²) in [5.41, 5.74) is -1.13. The van der Waals surface area contributed by atoms with Crippen LogP contribution in [0, 0.1) is 11.8 Å². The first-order valence-electron chi connectivity index (χ1n) is 11.6. The molecule has 1 spiro atoms. The van der Waals surface area contributed by atoms with Gasteiger partial charge in [0.05, 0.1) is 17.4 Å². The summed E-state index contributed by atoms with van der Waals surface area (Å²) in [6.45, 7) is 5.88. The van der Waals surface area contributed by atoms with Crippen LogP contribution < -0.4 is 10.6 Å². The van der Waals surface area contributed by atoms with Gasteiger partial charge in [0.25, 0.3) is 0 Å². The lowest BCUT2D eigenvalue weighted by Gasteiger charge is -2.34. The molecular formula is C24H33N3O5. The van der Waals surface area contributed by atoms with Crippen LogP contribution in [0.25, 0.3) is 0 Å². The van der Waals surface area contributed by atoms with Gasteiger partial charge in [0.2, 0.25) is 17.7 Å². The quantitative estimate of drug-likeness (QED) is 0.567. The van der Waals surface area contributed by atoms with Gasteiger partial charge in [-0.25, -0.2) is 0 Å². The third kappa shape index (κ3) is 3.40. The first-order chi connectivity index (χ1) is 15.3. The zero-order chi connectivity index (χ0) is 23.1. The number of carbonyl (C=O) groups excluding carboxylic acids is 3. The van der Waals surface area contributed by atoms with Crippen LogP contribution in [0.3, 0.4) is 0 Å². The van der Waals surface area contributed by atoms with Crippen LogP contribution in [0.1, 0.15) is 46.5 Å². The summed E-state index contributed by atoms with van der Waals surface area (Å²) in [7, 11) is 0. The van der Waals surface area contributed by atoms with Crippen LogP contribution in [0.4, 0.5) is 5.69 Å². The maximum absolute atomic E-state index is 13.7. The maximum Gasteiger partial charge on any atom is 0.246 e. The molecule has 0 saturated carbocycles. The number of rotatable bonds is 8. The molecule has 3 aliphatic heterocycles. The molecule has 5 atom stereocenters. The van der Waals surface area contributed by atoms with Crippen molar-refractivity contribution in [2.45, 2.75) is 69.7 Å². The van der Waals surface area contributed by atoms with Gasteiger partial charge in [-0.15, -0.1) is 0 Å². The predicted molar refractivity (Wildman–Crippen MR) is 119 cm³/mol. The van der Waals surface area contributed by atoms with E-state index in [1.165, 1.54) is 4.90 Å². The minimum absolute atomic E-state index is 0.0857. The Kier molecular flexibility index (Phi) is 6.02. The minimum Gasteiger partial charge on any atom is -0.396 e. The largest absolute Gasteiger partial charge is 0.396 e. The summed E-state index contributed by atoms with van der Waals surface area (Å²) in [6.07, 6.45) is 2.12. The Morgan fingerprint density at radius 3 is 2.56 bits per heavy atom. The first kappa shape index (κ1) is 22.7. The van der Waals surface area contributed by atoms with Gasteiger partial charge in [0.15, 0.2) is 0 Å². The van der Waals surface area contributed by atoms with Crippen molar-refractivity contribution in [2.75, 3.05) is 18.5 Å². The van der Waals surface area contributed by atoms with E-state index in [1.807, 2.05) is 51.1 Å². The van der Waals surface area contributed by atoms with Crippen LogP contribution in [0.2, 0.25) is 0 Å². The number of para-hydroxylation sites is 1. The molecule has 4 rings (SSSR count). The second kappa shape index (κ2) is 8.48. The Bertz CT molecular complexity index is 891. The van der Waals surface area contributed by atoms with E-state index in [9.17, 15) is 19.5 Å². The lowest BCUT2D eigenvalue weighted by Crippen LogP contribution is -2.56. The van der Waals surface area contributed by atoms with E-state index < -0.39 is 29.1 Å². The van der Waals surface area contributed by atoms with Crippen LogP contribution in [-0.4, -0.2) is 64.2 Å². The highest BCUT2D eigenvalue weighted by Gasteiger charge is 2.78. The molecule has 0 aromatic heterocycles. The monoisotopic (exact) mass is 443 g/mol. The molecule has 3 fully saturated rings. The van der Waals surface area contributed by atoms with Gasteiger partial charge in [-0.2, -0.15) is 0 Å². The number of hydrogen-bond donors (Lipinski definition) is 3. The molecule has 8 nitrogen and oxygen atoms in total. The molecular weight excluding hydrogens is 410 g/mol. The van der Waals surface area contributed by atoms with E-state index in [1.54, 1.807) is 0 Å². The highest BCUT2D eigenvalue weighted by Crippen LogP contribution is 2.64. The lowest BCUT2D eigenvalue weighted by molar-refractivity contribution is -0.146. The van der Waals surface area contributed by atoms with Gasteiger partial charge in [-0.3, -0.25) is 14.4 Å². The van der Waals surface area contributed by atoms with Gasteiger partial charge in [0.1, 0.15) is 11.6 Å². The summed E-state index contributed by atoms with van der Waals surface area (Å²) in [6, 6.07) is 8.27. The van der Waals surface area contributed by atoms with Gasteiger partial charge in [-0.05, 0) is 51.7 Å². The van der Waals surface area contributed by atoms with Gasteiger partial charge >= 0.3 is 0 Å². The first-order valence-corrected chi connectivity index (χ1v) is 11.6. The number of hydrogen-bond acceptors (Lipinski definition) is 5. The van der Waals surface area contributed by atoms with Crippen LogP contribution >= 0.6 is 0 Å². The van der Waals surface area contributed by atoms with Gasteiger partial charge in [-0.1, -0.05) is 25.1 Å². The summed E-state index contributed by atoms with van der Waals surface area (Å²) < 4.78 is 6.64. The van der Waals surface area contributed by atoms with E-state index in [0.717, 1.165) is 0 Å². The number of aliphatic hydroxyl groups excluding tert-OH is 1. The average Bonchev–Trinajstić information content (AvgIpc) is 3.36. The second-order valence-corrected chi connectivity index (χ2v) is 9.46. The van der Waals surface area contributed by atoms with Crippen LogP contribution in [0.5, 0.6) is 0 Å². The van der Waals surface area contributed by atoms with E-state index in [4.69, 9.17) is 4.74 Å². The number of nitrogens with one attached hydrogen (secondary N) is 2. The van der Waals surface area contributed by atoms with E-state index in [2.05, 4.69) is 10.6 Å². The molecule has 3 heterocycles. The Morgan fingerprint density at radius 2 is 1.94 bits per heavy atom. The van der Waals surface area contributed by atoms with Crippen molar-refractivity contribution in [3.63, 3.8) is 0 Å². The smallest absolute Gasteiger partial charge is 0.246 e. The molecule has 3 amide bonds. The van der Waals surface area contributed by atoms with Crippen molar-refractivity contribution in [1.82, 2.24) is 10.2 Å². The van der Waals surface area contributed by atoms with Crippen LogP contribution in [-0.2, 0) is 19.1 Å². The normalized spacial score (nSPS) is 33.0. The maximum atomic E-state index is 13.7. The molecule has 8 heteroatoms. The lowest BCUT2D eigenvalue weighted by atomic mass is 9.65. The zero-order valence-electron chi connectivity index (χ0n) is 19.0. The topological polar surface area (TPSA) is 108 Å². The van der Waals surface area contributed by atoms with Crippen molar-refractivity contribution in [1.29, 1.82) is 0 Å². The molecule has 3 N–H and O–H groups in total. The zero-order valence-corrected chi connectivity index (χ0v) is 19.0. The van der Waals surface area contributed by atoms with Crippen molar-refractivity contribution < 1.29 is 24.2 Å². The van der Waals surface area contributed by atoms with E-state index in [0.29, 0.717) is 31.4 Å². The van der Waals surface area contributed by atoms with E-state index >= 15 is 0 Å². The van der Waals surface area contributed by atoms with Gasteiger partial charge in [0, 0.05) is 24.9 Å². The molecule has 1 aromatic rings. The second-order valence-electron chi connectivity index (χ2n) is 9.46. The fourth-order valence-electron chi connectivity index (χ4n) is 6.00. The predicted octanol–water partition coefficient (Wildman–Crippen LogP) is 1.69. The van der Waals surface area contributed by atoms with Crippen molar-refractivity contribution in [3.8, 4) is 0 Å². The third-order valence-electron chi connectivity index (χ3n) is 7.24. The molecule has 32 heavy (non-hydrogen) atoms. The molecule has 174 valence electrons. The summed E-state index contributed by atoms with van der Waals surface area (Å²) >= 11 is 0. The SMILES string of the molecule is CC[C@@]12CCC3(O1)C(C(=O)NC(C)C)N(CCCO)C(=O)[C@@H]3[C@@H]2C(=O)Nc1ccccc1. The summed E-state index contributed by atoms with van der Waals surface area (Å²) in [5, 5.41) is 15.3. The summed E-state index contributed by atoms with van der Waals surface area (Å²) in [4.78, 5) is 42.1. The number of benzene rings is 1. The molecule has 3 saturated heterocycles. The Balaban J connectivity index is 1.73. The number of likely N-dealkylation sites (tertiary alicyclic amines) is 1. The third-order valence-corrected chi connectivity index (χ3v) is 7.24.